The van der Waals surface area contributed by atoms with Gasteiger partial charge >= 0.3 is 0 Å². The number of nitrogens with one attached hydrogen (secondary N) is 1. The summed E-state index contributed by atoms with van der Waals surface area (Å²) in [6.45, 7) is 2.28. The molecule has 3 aromatic rings. The molecule has 1 amide bonds. The van der Waals surface area contributed by atoms with Crippen LogP contribution in [0.25, 0.3) is 0 Å². The molecule has 0 bridgehead atoms. The average Bonchev–Trinajstić information content (AvgIpc) is 3.18. The molecule has 1 heterocycles. The fourth-order valence-electron chi connectivity index (χ4n) is 2.80. The number of nitriles is 1. The van der Waals surface area contributed by atoms with E-state index in [1.165, 1.54) is 10.4 Å². The smallest absolute Gasteiger partial charge is 0.279 e. The van der Waals surface area contributed by atoms with E-state index in [2.05, 4.69) is 48.6 Å². The highest BCUT2D eigenvalue weighted by molar-refractivity contribution is 7.10. The first-order valence-electron chi connectivity index (χ1n) is 8.49. The highest BCUT2D eigenvalue weighted by atomic mass is 35.5. The quantitative estimate of drug-likeness (QED) is 0.664. The minimum absolute atomic E-state index is 0.0474. The third-order valence-electron chi connectivity index (χ3n) is 4.20. The molecule has 0 aliphatic rings. The molecule has 0 saturated carbocycles. The molecule has 0 radical (unpaired) electrons. The van der Waals surface area contributed by atoms with Crippen LogP contribution in [0.1, 0.15) is 27.6 Å². The van der Waals surface area contributed by atoms with Gasteiger partial charge in [0.1, 0.15) is 12.1 Å². The van der Waals surface area contributed by atoms with Gasteiger partial charge in [-0.25, -0.2) is 0 Å². The van der Waals surface area contributed by atoms with E-state index in [1.807, 2.05) is 16.8 Å². The molecule has 27 heavy (non-hydrogen) atoms. The van der Waals surface area contributed by atoms with E-state index in [0.29, 0.717) is 16.3 Å². The number of amides is 1. The van der Waals surface area contributed by atoms with Crippen molar-refractivity contribution in [3.05, 3.63) is 86.6 Å². The topological polar surface area (TPSA) is 69.5 Å². The lowest BCUT2D eigenvalue weighted by Crippen LogP contribution is -2.87. The third kappa shape index (κ3) is 4.95. The number of thiophene rings is 1. The van der Waals surface area contributed by atoms with Crippen molar-refractivity contribution in [1.29, 1.82) is 5.26 Å². The summed E-state index contributed by atoms with van der Waals surface area (Å²) in [5.74, 6) is -0.178. The van der Waals surface area contributed by atoms with Gasteiger partial charge in [-0.15, -0.1) is 11.3 Å². The van der Waals surface area contributed by atoms with E-state index in [1.54, 1.807) is 29.5 Å². The fourth-order valence-corrected chi connectivity index (χ4v) is 3.82. The molecule has 0 aliphatic heterocycles. The highest BCUT2D eigenvalue weighted by Gasteiger charge is 2.20. The predicted octanol–water partition coefficient (Wildman–Crippen LogP) is 3.87. The Hall–Kier alpha value is -2.65. The molecule has 136 valence electrons. The second-order valence-electron chi connectivity index (χ2n) is 6.19. The lowest BCUT2D eigenvalue weighted by Gasteiger charge is -2.15. The average molecular weight is 397 g/mol. The molecular formula is C21H19ClN3OS+. The first-order valence-corrected chi connectivity index (χ1v) is 9.75. The van der Waals surface area contributed by atoms with E-state index in [0.717, 1.165) is 5.56 Å². The number of nitrogens with zero attached hydrogens (tertiary/aromatic N) is 1. The Morgan fingerprint density at radius 2 is 2.04 bits per heavy atom. The highest BCUT2D eigenvalue weighted by Crippen LogP contribution is 2.23. The summed E-state index contributed by atoms with van der Waals surface area (Å²) >= 11 is 7.65. The maximum Gasteiger partial charge on any atom is 0.279 e. The van der Waals surface area contributed by atoms with Crippen molar-refractivity contribution in [3.8, 4) is 6.07 Å². The first kappa shape index (κ1) is 19.1. The number of carbonyl (C=O) groups excluding carboxylic acids is 1. The van der Waals surface area contributed by atoms with Gasteiger partial charge in [0.2, 0.25) is 0 Å². The van der Waals surface area contributed by atoms with Crippen LogP contribution >= 0.6 is 22.9 Å². The summed E-state index contributed by atoms with van der Waals surface area (Å²) in [5.41, 5.74) is 3.18. The van der Waals surface area contributed by atoms with Crippen molar-refractivity contribution in [1.82, 2.24) is 0 Å². The lowest BCUT2D eigenvalue weighted by atomic mass is 10.0. The second-order valence-corrected chi connectivity index (χ2v) is 7.61. The molecule has 4 nitrogen and oxygen atoms in total. The molecular weight excluding hydrogens is 378 g/mol. The van der Waals surface area contributed by atoms with Crippen LogP contribution in [0, 0.1) is 18.3 Å². The van der Waals surface area contributed by atoms with Gasteiger partial charge < -0.3 is 10.6 Å². The van der Waals surface area contributed by atoms with Gasteiger partial charge in [0.05, 0.1) is 16.1 Å². The molecule has 6 heteroatoms. The van der Waals surface area contributed by atoms with Gasteiger partial charge in [0.15, 0.2) is 6.54 Å². The second kappa shape index (κ2) is 8.83. The van der Waals surface area contributed by atoms with E-state index >= 15 is 0 Å². The normalized spacial score (nSPS) is 11.6. The Morgan fingerprint density at radius 1 is 1.26 bits per heavy atom. The number of anilines is 1. The molecule has 0 fully saturated rings. The summed E-state index contributed by atoms with van der Waals surface area (Å²) < 4.78 is 0. The molecule has 0 aliphatic carbocycles. The molecule has 3 rings (SSSR count). The number of halogens is 1. The van der Waals surface area contributed by atoms with Crippen molar-refractivity contribution >= 4 is 34.5 Å². The van der Waals surface area contributed by atoms with Gasteiger partial charge in [-0.2, -0.15) is 5.26 Å². The van der Waals surface area contributed by atoms with Gasteiger partial charge in [-0.05, 0) is 36.6 Å². The minimum atomic E-state index is -0.178. The van der Waals surface area contributed by atoms with Gasteiger partial charge in [0.25, 0.3) is 5.91 Å². The molecule has 1 aromatic heterocycles. The third-order valence-corrected chi connectivity index (χ3v) is 5.39. The summed E-state index contributed by atoms with van der Waals surface area (Å²) in [6.07, 6.45) is 0. The SMILES string of the molecule is Cc1ccc([C@H]([NH2+]CC(=O)Nc2cc(Cl)ccc2C#N)c2cccs2)cc1. The molecule has 0 unspecified atom stereocenters. The standard InChI is InChI=1S/C21H18ClN3OS/c1-14-4-6-15(7-5-14)21(19-3-2-10-27-19)24-13-20(26)25-18-11-17(22)9-8-16(18)12-23/h2-11,21,24H,13H2,1H3,(H,25,26)/p+1/t21-/m0/s1. The van der Waals surface area contributed by atoms with Crippen LogP contribution in [0.15, 0.2) is 60.0 Å². The monoisotopic (exact) mass is 396 g/mol. The van der Waals surface area contributed by atoms with E-state index in [-0.39, 0.29) is 18.5 Å². The number of hydrogen-bond donors (Lipinski definition) is 2. The van der Waals surface area contributed by atoms with Crippen LogP contribution in [-0.4, -0.2) is 12.5 Å². The zero-order chi connectivity index (χ0) is 19.2. The number of benzene rings is 2. The molecule has 3 N–H and O–H groups in total. The van der Waals surface area contributed by atoms with Crippen molar-refractivity contribution in [2.24, 2.45) is 0 Å². The number of quaternary nitrogens is 1. The minimum Gasteiger partial charge on any atom is -0.328 e. The van der Waals surface area contributed by atoms with Crippen LogP contribution in [0.4, 0.5) is 5.69 Å². The Morgan fingerprint density at radius 3 is 2.70 bits per heavy atom. The molecule has 2 aromatic carbocycles. The van der Waals surface area contributed by atoms with E-state index in [4.69, 9.17) is 11.6 Å². The first-order chi connectivity index (χ1) is 13.1. The number of hydrogen-bond acceptors (Lipinski definition) is 3. The van der Waals surface area contributed by atoms with Gasteiger partial charge in [-0.3, -0.25) is 4.79 Å². The number of nitrogens with two attached hydrogens (primary N) is 1. The molecule has 1 atom stereocenters. The van der Waals surface area contributed by atoms with Crippen LogP contribution in [-0.2, 0) is 4.79 Å². The summed E-state index contributed by atoms with van der Waals surface area (Å²) in [7, 11) is 0. The van der Waals surface area contributed by atoms with Crippen LogP contribution in [0.2, 0.25) is 5.02 Å². The zero-order valence-electron chi connectivity index (χ0n) is 14.8. The van der Waals surface area contributed by atoms with Crippen molar-refractivity contribution in [2.75, 3.05) is 11.9 Å². The van der Waals surface area contributed by atoms with Gasteiger partial charge in [0, 0.05) is 10.6 Å². The zero-order valence-corrected chi connectivity index (χ0v) is 16.3. The number of aryl methyl sites for hydroxylation is 1. The fraction of sp³-hybridized carbons (Fsp3) is 0.143. The molecule has 0 saturated heterocycles. The van der Waals surface area contributed by atoms with Crippen molar-refractivity contribution in [2.45, 2.75) is 13.0 Å². The maximum atomic E-state index is 12.5. The maximum absolute atomic E-state index is 12.5. The van der Waals surface area contributed by atoms with Crippen LogP contribution in [0.5, 0.6) is 0 Å². The lowest BCUT2D eigenvalue weighted by molar-refractivity contribution is -0.675. The van der Waals surface area contributed by atoms with Crippen molar-refractivity contribution < 1.29 is 10.1 Å². The van der Waals surface area contributed by atoms with Crippen LogP contribution < -0.4 is 10.6 Å². The summed E-state index contributed by atoms with van der Waals surface area (Å²) in [5, 5.41) is 16.5. The Bertz CT molecular complexity index is 962. The number of carbonyl (C=O) groups is 1. The van der Waals surface area contributed by atoms with E-state index < -0.39 is 0 Å². The molecule has 0 spiro atoms. The van der Waals surface area contributed by atoms with Crippen LogP contribution in [0.3, 0.4) is 0 Å². The van der Waals surface area contributed by atoms with Gasteiger partial charge in [-0.1, -0.05) is 47.5 Å². The van der Waals surface area contributed by atoms with E-state index in [9.17, 15) is 10.1 Å². The Balaban J connectivity index is 1.72. The Kier molecular flexibility index (Phi) is 6.25. The Labute approximate surface area is 167 Å². The summed E-state index contributed by atoms with van der Waals surface area (Å²) in [4.78, 5) is 13.6. The summed E-state index contributed by atoms with van der Waals surface area (Å²) in [6, 6.07) is 19.4. The van der Waals surface area contributed by atoms with Crippen molar-refractivity contribution in [3.63, 3.8) is 0 Å². The number of rotatable bonds is 6. The largest absolute Gasteiger partial charge is 0.328 e. The predicted molar refractivity (Wildman–Crippen MR) is 109 cm³/mol.